The van der Waals surface area contributed by atoms with E-state index in [2.05, 4.69) is 10.5 Å². The van der Waals surface area contributed by atoms with Crippen LogP contribution < -0.4 is 10.2 Å². The molecule has 0 fully saturated rings. The molecule has 2 N–H and O–H groups in total. The molecule has 0 saturated heterocycles. The lowest BCUT2D eigenvalue weighted by Gasteiger charge is -2.16. The smallest absolute Gasteiger partial charge is 0.124 e. The Morgan fingerprint density at radius 3 is 2.40 bits per heavy atom. The minimum atomic E-state index is -0.661. The second-order valence-corrected chi connectivity index (χ2v) is 4.69. The molecule has 2 aromatic carbocycles. The zero-order valence-corrected chi connectivity index (χ0v) is 11.2. The number of aliphatic hydroxyl groups excluding tert-OH is 1. The second kappa shape index (κ2) is 5.35. The van der Waals surface area contributed by atoms with Crippen LogP contribution in [0.25, 0.3) is 0 Å². The first kappa shape index (κ1) is 12.7. The molecule has 4 heteroatoms. The SMILES string of the molecule is COc1ccc(C2NN=C(c3ccccc3)C2O)cc1. The van der Waals surface area contributed by atoms with E-state index in [4.69, 9.17) is 4.74 Å². The Bertz CT molecular complexity index is 608. The minimum Gasteiger partial charge on any atom is -0.497 e. The summed E-state index contributed by atoms with van der Waals surface area (Å²) in [7, 11) is 1.63. The number of hydrogen-bond donors (Lipinski definition) is 2. The first-order valence-corrected chi connectivity index (χ1v) is 6.50. The van der Waals surface area contributed by atoms with Gasteiger partial charge < -0.3 is 9.84 Å². The molecule has 2 aromatic rings. The molecular weight excluding hydrogens is 252 g/mol. The predicted octanol–water partition coefficient (Wildman–Crippen LogP) is 2.10. The molecule has 2 atom stereocenters. The Labute approximate surface area is 117 Å². The molecule has 0 spiro atoms. The van der Waals surface area contributed by atoms with Crippen LogP contribution in [0.3, 0.4) is 0 Å². The molecule has 0 aromatic heterocycles. The van der Waals surface area contributed by atoms with Crippen molar-refractivity contribution in [1.29, 1.82) is 0 Å². The van der Waals surface area contributed by atoms with Crippen molar-refractivity contribution < 1.29 is 9.84 Å². The van der Waals surface area contributed by atoms with Crippen LogP contribution >= 0.6 is 0 Å². The fraction of sp³-hybridized carbons (Fsp3) is 0.188. The normalized spacial score (nSPS) is 21.2. The third kappa shape index (κ3) is 2.26. The average Bonchev–Trinajstić information content (AvgIpc) is 2.90. The van der Waals surface area contributed by atoms with E-state index in [9.17, 15) is 5.11 Å². The number of rotatable bonds is 3. The molecule has 3 rings (SSSR count). The lowest BCUT2D eigenvalue weighted by atomic mass is 9.96. The van der Waals surface area contributed by atoms with Gasteiger partial charge in [-0.1, -0.05) is 42.5 Å². The Kier molecular flexibility index (Phi) is 3.39. The maximum atomic E-state index is 10.5. The Morgan fingerprint density at radius 1 is 1.05 bits per heavy atom. The monoisotopic (exact) mass is 268 g/mol. The summed E-state index contributed by atoms with van der Waals surface area (Å²) in [6.45, 7) is 0. The van der Waals surface area contributed by atoms with Crippen LogP contribution in [0, 0.1) is 0 Å². The van der Waals surface area contributed by atoms with Crippen LogP contribution in [0.2, 0.25) is 0 Å². The summed E-state index contributed by atoms with van der Waals surface area (Å²) in [6.07, 6.45) is -0.661. The molecule has 1 aliphatic heterocycles. The summed E-state index contributed by atoms with van der Waals surface area (Å²) in [5.41, 5.74) is 5.59. The van der Waals surface area contributed by atoms with Gasteiger partial charge in [-0.25, -0.2) is 0 Å². The summed E-state index contributed by atoms with van der Waals surface area (Å²) in [5.74, 6) is 0.797. The van der Waals surface area contributed by atoms with E-state index < -0.39 is 6.10 Å². The fourth-order valence-electron chi connectivity index (χ4n) is 2.35. The fourth-order valence-corrected chi connectivity index (χ4v) is 2.35. The third-order valence-electron chi connectivity index (χ3n) is 3.46. The number of aliphatic hydroxyl groups is 1. The van der Waals surface area contributed by atoms with Crippen molar-refractivity contribution in [2.45, 2.75) is 12.1 Å². The number of benzene rings is 2. The molecule has 0 saturated carbocycles. The third-order valence-corrected chi connectivity index (χ3v) is 3.46. The van der Waals surface area contributed by atoms with E-state index in [1.807, 2.05) is 54.6 Å². The predicted molar refractivity (Wildman–Crippen MR) is 77.9 cm³/mol. The van der Waals surface area contributed by atoms with E-state index in [0.717, 1.165) is 16.9 Å². The van der Waals surface area contributed by atoms with Gasteiger partial charge in [0.15, 0.2) is 0 Å². The van der Waals surface area contributed by atoms with Gasteiger partial charge in [-0.3, -0.25) is 5.43 Å². The van der Waals surface area contributed by atoms with Gasteiger partial charge in [0.25, 0.3) is 0 Å². The number of hydrogen-bond acceptors (Lipinski definition) is 4. The molecule has 4 nitrogen and oxygen atoms in total. The van der Waals surface area contributed by atoms with Crippen LogP contribution in [0.1, 0.15) is 17.2 Å². The Morgan fingerprint density at radius 2 is 1.75 bits per heavy atom. The zero-order valence-electron chi connectivity index (χ0n) is 11.2. The van der Waals surface area contributed by atoms with Crippen molar-refractivity contribution in [3.63, 3.8) is 0 Å². The number of hydrazone groups is 1. The van der Waals surface area contributed by atoms with Gasteiger partial charge in [0.05, 0.1) is 12.8 Å². The van der Waals surface area contributed by atoms with Crippen LogP contribution in [0.5, 0.6) is 5.75 Å². The number of nitrogens with zero attached hydrogens (tertiary/aromatic N) is 1. The highest BCUT2D eigenvalue weighted by atomic mass is 16.5. The maximum Gasteiger partial charge on any atom is 0.124 e. The second-order valence-electron chi connectivity index (χ2n) is 4.69. The van der Waals surface area contributed by atoms with E-state index in [0.29, 0.717) is 5.71 Å². The summed E-state index contributed by atoms with van der Waals surface area (Å²) in [6, 6.07) is 17.1. The molecule has 102 valence electrons. The highest BCUT2D eigenvalue weighted by molar-refractivity contribution is 6.05. The van der Waals surface area contributed by atoms with Crippen molar-refractivity contribution in [3.8, 4) is 5.75 Å². The van der Waals surface area contributed by atoms with E-state index in [1.54, 1.807) is 7.11 Å². The van der Waals surface area contributed by atoms with Crippen LogP contribution in [-0.2, 0) is 0 Å². The minimum absolute atomic E-state index is 0.226. The quantitative estimate of drug-likeness (QED) is 0.896. The van der Waals surface area contributed by atoms with Crippen molar-refractivity contribution in [2.75, 3.05) is 7.11 Å². The van der Waals surface area contributed by atoms with Crippen LogP contribution in [-0.4, -0.2) is 24.0 Å². The molecule has 20 heavy (non-hydrogen) atoms. The topological polar surface area (TPSA) is 53.8 Å². The first-order valence-electron chi connectivity index (χ1n) is 6.50. The van der Waals surface area contributed by atoms with Gasteiger partial charge >= 0.3 is 0 Å². The number of nitrogens with one attached hydrogen (secondary N) is 1. The lowest BCUT2D eigenvalue weighted by molar-refractivity contribution is 0.207. The standard InChI is InChI=1S/C16H16N2O2/c1-20-13-9-7-12(8-10-13)15-16(19)14(17-18-15)11-5-3-2-4-6-11/h2-10,15-16,18-19H,1H3. The number of ether oxygens (including phenoxy) is 1. The van der Waals surface area contributed by atoms with Gasteiger partial charge in [0.2, 0.25) is 0 Å². The van der Waals surface area contributed by atoms with Crippen LogP contribution in [0.15, 0.2) is 59.7 Å². The van der Waals surface area contributed by atoms with Crippen LogP contribution in [0.4, 0.5) is 0 Å². The zero-order chi connectivity index (χ0) is 13.9. The summed E-state index contributed by atoms with van der Waals surface area (Å²) < 4.78 is 5.14. The lowest BCUT2D eigenvalue weighted by Crippen LogP contribution is -2.27. The highest BCUT2D eigenvalue weighted by Gasteiger charge is 2.31. The van der Waals surface area contributed by atoms with Crippen molar-refractivity contribution in [1.82, 2.24) is 5.43 Å². The summed E-state index contributed by atoms with van der Waals surface area (Å²) in [4.78, 5) is 0. The van der Waals surface area contributed by atoms with E-state index in [-0.39, 0.29) is 6.04 Å². The molecule has 0 amide bonds. The molecule has 2 unspecified atom stereocenters. The van der Waals surface area contributed by atoms with Gasteiger partial charge in [-0.05, 0) is 17.7 Å². The van der Waals surface area contributed by atoms with Crippen molar-refractivity contribution in [3.05, 3.63) is 65.7 Å². The molecule has 1 aliphatic rings. The van der Waals surface area contributed by atoms with E-state index in [1.165, 1.54) is 0 Å². The molecule has 0 radical (unpaired) electrons. The Balaban J connectivity index is 1.82. The van der Waals surface area contributed by atoms with E-state index >= 15 is 0 Å². The molecule has 1 heterocycles. The molecule has 0 bridgehead atoms. The van der Waals surface area contributed by atoms with Gasteiger partial charge in [-0.15, -0.1) is 0 Å². The average molecular weight is 268 g/mol. The summed E-state index contributed by atoms with van der Waals surface area (Å²) in [5, 5.41) is 14.7. The van der Waals surface area contributed by atoms with Gasteiger partial charge in [0, 0.05) is 5.56 Å². The Hall–Kier alpha value is -2.33. The molecule has 0 aliphatic carbocycles. The number of methoxy groups -OCH3 is 1. The molecular formula is C16H16N2O2. The largest absolute Gasteiger partial charge is 0.497 e. The van der Waals surface area contributed by atoms with Crippen molar-refractivity contribution in [2.24, 2.45) is 5.10 Å². The highest BCUT2D eigenvalue weighted by Crippen LogP contribution is 2.26. The summed E-state index contributed by atoms with van der Waals surface area (Å²) >= 11 is 0. The van der Waals surface area contributed by atoms with Gasteiger partial charge in [0.1, 0.15) is 17.9 Å². The van der Waals surface area contributed by atoms with Gasteiger partial charge in [-0.2, -0.15) is 5.10 Å². The van der Waals surface area contributed by atoms with Crippen molar-refractivity contribution >= 4 is 5.71 Å². The maximum absolute atomic E-state index is 10.5. The first-order chi connectivity index (χ1) is 9.79.